The number of nitrogens with zero attached hydrogens (tertiary/aromatic N) is 1. The largest absolute Gasteiger partial charge is 0.481 e. The minimum absolute atomic E-state index is 0.209. The zero-order valence-electron chi connectivity index (χ0n) is 10.1. The predicted molar refractivity (Wildman–Crippen MR) is 59.0 cm³/mol. The molecule has 0 rings (SSSR count). The summed E-state index contributed by atoms with van der Waals surface area (Å²) in [5.74, 6) is -1.47. The fraction of sp³-hybridized carbons (Fsp3) is 0.818. The van der Waals surface area contributed by atoms with Gasteiger partial charge in [0.25, 0.3) is 0 Å². The molecule has 0 aliphatic carbocycles. The maximum absolute atomic E-state index is 11.1. The van der Waals surface area contributed by atoms with Gasteiger partial charge in [-0.25, -0.2) is 5.06 Å². The Morgan fingerprint density at radius 1 is 1.44 bits per heavy atom. The van der Waals surface area contributed by atoms with E-state index in [-0.39, 0.29) is 12.3 Å². The molecule has 0 aromatic carbocycles. The van der Waals surface area contributed by atoms with Crippen LogP contribution in [0, 0.1) is 11.8 Å². The predicted octanol–water partition coefficient (Wildman–Crippen LogP) is 1.75. The molecular formula is C11H21NO4. The Hall–Kier alpha value is -1.10. The van der Waals surface area contributed by atoms with E-state index in [1.165, 1.54) is 0 Å². The van der Waals surface area contributed by atoms with Gasteiger partial charge in [0.2, 0.25) is 6.41 Å². The summed E-state index contributed by atoms with van der Waals surface area (Å²) in [5.41, 5.74) is 0. The van der Waals surface area contributed by atoms with E-state index >= 15 is 0 Å². The summed E-state index contributed by atoms with van der Waals surface area (Å²) in [4.78, 5) is 21.6. The number of carbonyl (C=O) groups is 2. The topological polar surface area (TPSA) is 77.8 Å². The van der Waals surface area contributed by atoms with E-state index in [2.05, 4.69) is 0 Å². The summed E-state index contributed by atoms with van der Waals surface area (Å²) in [6.45, 7) is 5.73. The first-order chi connectivity index (χ1) is 7.43. The van der Waals surface area contributed by atoms with Crippen molar-refractivity contribution in [2.75, 3.05) is 0 Å². The van der Waals surface area contributed by atoms with Gasteiger partial charge in [-0.15, -0.1) is 0 Å². The van der Waals surface area contributed by atoms with Crippen molar-refractivity contribution >= 4 is 12.4 Å². The third-order valence-electron chi connectivity index (χ3n) is 2.54. The molecule has 0 aromatic heterocycles. The molecule has 0 saturated carbocycles. The van der Waals surface area contributed by atoms with Crippen LogP contribution in [0.5, 0.6) is 0 Å². The van der Waals surface area contributed by atoms with E-state index in [0.717, 1.165) is 6.42 Å². The molecule has 0 aliphatic heterocycles. The molecule has 0 spiro atoms. The molecule has 0 radical (unpaired) electrons. The molecule has 0 fully saturated rings. The van der Waals surface area contributed by atoms with E-state index in [0.29, 0.717) is 17.9 Å². The molecule has 2 unspecified atom stereocenters. The maximum atomic E-state index is 11.1. The highest BCUT2D eigenvalue weighted by Crippen LogP contribution is 2.22. The van der Waals surface area contributed by atoms with Gasteiger partial charge in [-0.05, 0) is 18.8 Å². The van der Waals surface area contributed by atoms with Gasteiger partial charge in [-0.3, -0.25) is 14.8 Å². The van der Waals surface area contributed by atoms with Gasteiger partial charge in [0, 0.05) is 0 Å². The van der Waals surface area contributed by atoms with Gasteiger partial charge < -0.3 is 5.11 Å². The molecule has 0 heterocycles. The number of aliphatic carboxylic acids is 1. The van der Waals surface area contributed by atoms with Gasteiger partial charge in [0.1, 0.15) is 0 Å². The lowest BCUT2D eigenvalue weighted by Crippen LogP contribution is -2.41. The van der Waals surface area contributed by atoms with Crippen molar-refractivity contribution in [3.8, 4) is 0 Å². The van der Waals surface area contributed by atoms with Crippen molar-refractivity contribution in [1.82, 2.24) is 5.06 Å². The van der Waals surface area contributed by atoms with Gasteiger partial charge in [-0.2, -0.15) is 0 Å². The first-order valence-electron chi connectivity index (χ1n) is 5.59. The Bertz CT molecular complexity index is 230. The Balaban J connectivity index is 4.78. The SMILES string of the molecule is CCCC(C(CC(C)C)C(=O)O)N(O)C=O. The van der Waals surface area contributed by atoms with Crippen molar-refractivity contribution in [3.05, 3.63) is 0 Å². The third-order valence-corrected chi connectivity index (χ3v) is 2.54. The smallest absolute Gasteiger partial charge is 0.308 e. The van der Waals surface area contributed by atoms with Crippen molar-refractivity contribution in [2.24, 2.45) is 11.8 Å². The second-order valence-corrected chi connectivity index (χ2v) is 4.42. The minimum Gasteiger partial charge on any atom is -0.481 e. The lowest BCUT2D eigenvalue weighted by atomic mass is 9.88. The molecule has 0 aliphatic rings. The quantitative estimate of drug-likeness (QED) is 0.379. The molecule has 94 valence electrons. The van der Waals surface area contributed by atoms with Gasteiger partial charge in [0.05, 0.1) is 12.0 Å². The normalized spacial score (nSPS) is 14.6. The van der Waals surface area contributed by atoms with Gasteiger partial charge in [0.15, 0.2) is 0 Å². The van der Waals surface area contributed by atoms with Crippen LogP contribution in [0.15, 0.2) is 0 Å². The highest BCUT2D eigenvalue weighted by atomic mass is 16.5. The number of hydrogen-bond acceptors (Lipinski definition) is 3. The molecule has 0 aromatic rings. The lowest BCUT2D eigenvalue weighted by molar-refractivity contribution is -0.173. The Morgan fingerprint density at radius 2 is 2.00 bits per heavy atom. The highest BCUT2D eigenvalue weighted by Gasteiger charge is 2.31. The van der Waals surface area contributed by atoms with E-state index in [4.69, 9.17) is 5.11 Å². The molecule has 2 N–H and O–H groups in total. The fourth-order valence-corrected chi connectivity index (χ4v) is 1.82. The van der Waals surface area contributed by atoms with Crippen LogP contribution in [0.1, 0.15) is 40.0 Å². The highest BCUT2D eigenvalue weighted by molar-refractivity contribution is 5.71. The van der Waals surface area contributed by atoms with Crippen LogP contribution in [0.4, 0.5) is 0 Å². The summed E-state index contributed by atoms with van der Waals surface area (Å²) in [5, 5.41) is 19.0. The molecular weight excluding hydrogens is 210 g/mol. The Labute approximate surface area is 96.0 Å². The van der Waals surface area contributed by atoms with Crippen LogP contribution in [0.25, 0.3) is 0 Å². The Morgan fingerprint density at radius 3 is 2.31 bits per heavy atom. The molecule has 2 atom stereocenters. The molecule has 16 heavy (non-hydrogen) atoms. The first-order valence-corrected chi connectivity index (χ1v) is 5.59. The van der Waals surface area contributed by atoms with Crippen molar-refractivity contribution < 1.29 is 19.9 Å². The molecule has 5 nitrogen and oxygen atoms in total. The van der Waals surface area contributed by atoms with Crippen LogP contribution in [0.2, 0.25) is 0 Å². The summed E-state index contributed by atoms with van der Waals surface area (Å²) in [6.07, 6.45) is 1.93. The number of carboxylic acids is 1. The maximum Gasteiger partial charge on any atom is 0.308 e. The molecule has 0 bridgehead atoms. The van der Waals surface area contributed by atoms with Gasteiger partial charge in [-0.1, -0.05) is 27.2 Å². The number of amides is 1. The molecule has 0 saturated heterocycles. The third kappa shape index (κ3) is 4.61. The second kappa shape index (κ2) is 7.22. The van der Waals surface area contributed by atoms with Crippen molar-refractivity contribution in [3.63, 3.8) is 0 Å². The summed E-state index contributed by atoms with van der Waals surface area (Å²) < 4.78 is 0. The van der Waals surface area contributed by atoms with Crippen LogP contribution >= 0.6 is 0 Å². The fourth-order valence-electron chi connectivity index (χ4n) is 1.82. The van der Waals surface area contributed by atoms with E-state index in [1.54, 1.807) is 0 Å². The number of rotatable bonds is 8. The van der Waals surface area contributed by atoms with E-state index < -0.39 is 17.9 Å². The van der Waals surface area contributed by atoms with Crippen molar-refractivity contribution in [2.45, 2.75) is 46.1 Å². The van der Waals surface area contributed by atoms with Crippen molar-refractivity contribution in [1.29, 1.82) is 0 Å². The molecule has 1 amide bonds. The number of hydrogen-bond donors (Lipinski definition) is 2. The summed E-state index contributed by atoms with van der Waals surface area (Å²) in [6, 6.07) is -0.637. The summed E-state index contributed by atoms with van der Waals surface area (Å²) >= 11 is 0. The summed E-state index contributed by atoms with van der Waals surface area (Å²) in [7, 11) is 0. The number of hydroxylamine groups is 2. The average Bonchev–Trinajstić information content (AvgIpc) is 2.21. The number of carbonyl (C=O) groups excluding carboxylic acids is 1. The molecule has 5 heteroatoms. The average molecular weight is 231 g/mol. The zero-order valence-corrected chi connectivity index (χ0v) is 10.1. The van der Waals surface area contributed by atoms with E-state index in [1.807, 2.05) is 20.8 Å². The minimum atomic E-state index is -0.965. The van der Waals surface area contributed by atoms with Crippen LogP contribution < -0.4 is 0 Å². The zero-order chi connectivity index (χ0) is 12.7. The van der Waals surface area contributed by atoms with Crippen LogP contribution in [-0.2, 0) is 9.59 Å². The standard InChI is InChI=1S/C11H21NO4/c1-4-5-10(12(16)7-13)9(11(14)15)6-8(2)3/h7-10,16H,4-6H2,1-3H3,(H,14,15). The Kier molecular flexibility index (Phi) is 6.72. The van der Waals surface area contributed by atoms with Gasteiger partial charge >= 0.3 is 5.97 Å². The number of carboxylic acid groups (broad SMARTS) is 1. The van der Waals surface area contributed by atoms with E-state index in [9.17, 15) is 14.8 Å². The monoisotopic (exact) mass is 231 g/mol. The second-order valence-electron chi connectivity index (χ2n) is 4.42. The lowest BCUT2D eigenvalue weighted by Gasteiger charge is -2.28. The van der Waals surface area contributed by atoms with Crippen LogP contribution in [-0.4, -0.2) is 33.8 Å². The van der Waals surface area contributed by atoms with Crippen LogP contribution in [0.3, 0.4) is 0 Å². The first kappa shape index (κ1) is 14.9.